The fourth-order valence-electron chi connectivity index (χ4n) is 3.38. The van der Waals surface area contributed by atoms with E-state index in [-0.39, 0.29) is 17.0 Å². The van der Waals surface area contributed by atoms with Crippen molar-refractivity contribution in [3.8, 4) is 11.5 Å². The zero-order valence-electron chi connectivity index (χ0n) is 17.7. The van der Waals surface area contributed by atoms with E-state index in [1.165, 1.54) is 0 Å². The van der Waals surface area contributed by atoms with Gasteiger partial charge in [0.1, 0.15) is 22.8 Å². The largest absolute Gasteiger partial charge is 0.456 e. The van der Waals surface area contributed by atoms with Crippen molar-refractivity contribution < 1.29 is 17.9 Å². The third-order valence-corrected chi connectivity index (χ3v) is 7.03. The van der Waals surface area contributed by atoms with E-state index in [9.17, 15) is 13.2 Å². The van der Waals surface area contributed by atoms with Crippen molar-refractivity contribution in [2.45, 2.75) is 25.0 Å². The van der Waals surface area contributed by atoms with Crippen LogP contribution in [0.1, 0.15) is 28.9 Å². The van der Waals surface area contributed by atoms with Crippen molar-refractivity contribution in [3.05, 3.63) is 78.4 Å². The van der Waals surface area contributed by atoms with Gasteiger partial charge in [0, 0.05) is 18.0 Å². The highest BCUT2D eigenvalue weighted by atomic mass is 32.2. The van der Waals surface area contributed by atoms with Gasteiger partial charge in [0.25, 0.3) is 5.91 Å². The van der Waals surface area contributed by atoms with Gasteiger partial charge in [-0.2, -0.15) is 0 Å². The van der Waals surface area contributed by atoms with Gasteiger partial charge in [-0.25, -0.2) is 13.4 Å². The van der Waals surface area contributed by atoms with Crippen LogP contribution in [0, 0.1) is 6.92 Å². The van der Waals surface area contributed by atoms with Crippen LogP contribution in [0.3, 0.4) is 0 Å². The first-order valence-corrected chi connectivity index (χ1v) is 11.9. The molecule has 9 nitrogen and oxygen atoms in total. The zero-order valence-corrected chi connectivity index (χ0v) is 18.5. The van der Waals surface area contributed by atoms with Gasteiger partial charge in [-0.05, 0) is 55.7 Å². The number of amides is 1. The van der Waals surface area contributed by atoms with Gasteiger partial charge in [-0.15, -0.1) is 0 Å². The second-order valence-electron chi connectivity index (χ2n) is 7.86. The van der Waals surface area contributed by atoms with E-state index in [0.717, 1.165) is 5.56 Å². The first kappa shape index (κ1) is 21.0. The smallest absolute Gasteiger partial charge is 0.274 e. The van der Waals surface area contributed by atoms with Crippen LogP contribution >= 0.6 is 0 Å². The number of sulfonamides is 1. The monoisotopic (exact) mass is 463 g/mol. The lowest BCUT2D eigenvalue weighted by Crippen LogP contribution is -2.17. The molecule has 1 aliphatic carbocycles. The number of hydrogen-bond acceptors (Lipinski definition) is 6. The Labute approximate surface area is 190 Å². The Bertz CT molecular complexity index is 1460. The van der Waals surface area contributed by atoms with Crippen LogP contribution in [-0.2, 0) is 10.0 Å². The summed E-state index contributed by atoms with van der Waals surface area (Å²) in [5, 5.41) is 2.51. The molecule has 1 fully saturated rings. The highest BCUT2D eigenvalue weighted by Crippen LogP contribution is 2.30. The van der Waals surface area contributed by atoms with Crippen LogP contribution in [-0.4, -0.2) is 33.9 Å². The topological polar surface area (TPSA) is 115 Å². The average Bonchev–Trinajstić information content (AvgIpc) is 3.56. The molecule has 5 rings (SSSR count). The Balaban J connectivity index is 1.31. The standard InChI is InChI=1S/C23H21N5O4S/c1-15-4-3-11-24-22(15)23(29)25-16-5-2-6-17(12-16)32-18-7-10-21-26-20(14-28(21)13-18)27-33(30,31)19-8-9-19/h2-7,10-14,19,27H,8-9H2,1H3,(H,25,29). The molecule has 1 aliphatic rings. The summed E-state index contributed by atoms with van der Waals surface area (Å²) in [5.41, 5.74) is 2.31. The summed E-state index contributed by atoms with van der Waals surface area (Å²) in [4.78, 5) is 21.0. The van der Waals surface area contributed by atoms with Gasteiger partial charge in [-0.1, -0.05) is 12.1 Å². The molecule has 0 saturated heterocycles. The summed E-state index contributed by atoms with van der Waals surface area (Å²) < 4.78 is 34.5. The Hall–Kier alpha value is -3.92. The number of carbonyl (C=O) groups is 1. The number of anilines is 2. The van der Waals surface area contributed by atoms with Crippen molar-refractivity contribution in [3.63, 3.8) is 0 Å². The van der Waals surface area contributed by atoms with E-state index in [1.54, 1.807) is 65.5 Å². The number of aryl methyl sites for hydroxylation is 1. The van der Waals surface area contributed by atoms with Gasteiger partial charge < -0.3 is 14.5 Å². The summed E-state index contributed by atoms with van der Waals surface area (Å²) in [6.07, 6.45) is 6.26. The summed E-state index contributed by atoms with van der Waals surface area (Å²) in [5.74, 6) is 1.03. The van der Waals surface area contributed by atoms with Crippen molar-refractivity contribution in [2.24, 2.45) is 0 Å². The zero-order chi connectivity index (χ0) is 23.0. The molecule has 0 atom stereocenters. The number of carbonyl (C=O) groups excluding carboxylic acids is 1. The fraction of sp³-hybridized carbons (Fsp3) is 0.174. The van der Waals surface area contributed by atoms with Crippen molar-refractivity contribution in [1.29, 1.82) is 0 Å². The molecule has 2 N–H and O–H groups in total. The number of hydrogen-bond donors (Lipinski definition) is 2. The number of aromatic nitrogens is 3. The third kappa shape index (κ3) is 4.65. The highest BCUT2D eigenvalue weighted by molar-refractivity contribution is 7.93. The van der Waals surface area contributed by atoms with Crippen molar-refractivity contribution >= 4 is 33.1 Å². The maximum absolute atomic E-state index is 12.5. The van der Waals surface area contributed by atoms with Gasteiger partial charge in [0.05, 0.1) is 17.6 Å². The van der Waals surface area contributed by atoms with Crippen LogP contribution in [0.2, 0.25) is 0 Å². The molecule has 1 aromatic carbocycles. The maximum atomic E-state index is 12.5. The Kier molecular flexibility index (Phi) is 5.21. The molecule has 3 aromatic heterocycles. The fourth-order valence-corrected chi connectivity index (χ4v) is 4.69. The minimum atomic E-state index is -3.38. The number of nitrogens with one attached hydrogen (secondary N) is 2. The number of benzene rings is 1. The molecule has 0 unspecified atom stereocenters. The lowest BCUT2D eigenvalue weighted by Gasteiger charge is -2.10. The summed E-state index contributed by atoms with van der Waals surface area (Å²) in [6.45, 7) is 1.83. The first-order chi connectivity index (χ1) is 15.9. The molecule has 168 valence electrons. The molecule has 1 amide bonds. The SMILES string of the molecule is Cc1cccnc1C(=O)Nc1cccc(Oc2ccc3nc(NS(=O)(=O)C4CC4)cn3c2)c1. The number of fused-ring (bicyclic) bond motifs is 1. The predicted octanol–water partition coefficient (Wildman–Crippen LogP) is 3.99. The van der Waals surface area contributed by atoms with E-state index in [2.05, 4.69) is 20.0 Å². The normalized spacial score (nSPS) is 13.6. The second-order valence-corrected chi connectivity index (χ2v) is 9.82. The molecular weight excluding hydrogens is 442 g/mol. The van der Waals surface area contributed by atoms with Crippen molar-refractivity contribution in [2.75, 3.05) is 10.0 Å². The highest BCUT2D eigenvalue weighted by Gasteiger charge is 2.36. The summed E-state index contributed by atoms with van der Waals surface area (Å²) >= 11 is 0. The molecule has 33 heavy (non-hydrogen) atoms. The molecule has 0 spiro atoms. The summed E-state index contributed by atoms with van der Waals surface area (Å²) in [6, 6.07) is 14.1. The Morgan fingerprint density at radius 1 is 1.09 bits per heavy atom. The summed E-state index contributed by atoms with van der Waals surface area (Å²) in [7, 11) is -3.38. The van der Waals surface area contributed by atoms with E-state index >= 15 is 0 Å². The number of imidazole rings is 1. The maximum Gasteiger partial charge on any atom is 0.274 e. The van der Waals surface area contributed by atoms with E-state index in [0.29, 0.717) is 41.4 Å². The number of ether oxygens (including phenoxy) is 1. The molecule has 0 radical (unpaired) electrons. The second kappa shape index (κ2) is 8.21. The molecule has 3 heterocycles. The molecular formula is C23H21N5O4S. The molecule has 0 aliphatic heterocycles. The first-order valence-electron chi connectivity index (χ1n) is 10.4. The minimum absolute atomic E-state index is 0.272. The van der Waals surface area contributed by atoms with Crippen LogP contribution < -0.4 is 14.8 Å². The van der Waals surface area contributed by atoms with Gasteiger partial charge in [0.2, 0.25) is 10.0 Å². The van der Waals surface area contributed by atoms with Gasteiger partial charge >= 0.3 is 0 Å². The predicted molar refractivity (Wildman–Crippen MR) is 124 cm³/mol. The van der Waals surface area contributed by atoms with E-state index in [4.69, 9.17) is 4.74 Å². The van der Waals surface area contributed by atoms with Crippen molar-refractivity contribution in [1.82, 2.24) is 14.4 Å². The lowest BCUT2D eigenvalue weighted by atomic mass is 10.2. The minimum Gasteiger partial charge on any atom is -0.456 e. The number of pyridine rings is 2. The van der Waals surface area contributed by atoms with Crippen LogP contribution in [0.25, 0.3) is 5.65 Å². The van der Waals surface area contributed by atoms with Crippen LogP contribution in [0.4, 0.5) is 11.5 Å². The van der Waals surface area contributed by atoms with E-state index in [1.807, 2.05) is 13.0 Å². The molecule has 4 aromatic rings. The Morgan fingerprint density at radius 3 is 2.73 bits per heavy atom. The Morgan fingerprint density at radius 2 is 1.94 bits per heavy atom. The number of nitrogens with zero attached hydrogens (tertiary/aromatic N) is 3. The van der Waals surface area contributed by atoms with E-state index < -0.39 is 10.0 Å². The lowest BCUT2D eigenvalue weighted by molar-refractivity contribution is 0.102. The molecule has 0 bridgehead atoms. The van der Waals surface area contributed by atoms with Gasteiger partial charge in [0.15, 0.2) is 5.82 Å². The molecule has 1 saturated carbocycles. The van der Waals surface area contributed by atoms with Gasteiger partial charge in [-0.3, -0.25) is 14.5 Å². The van der Waals surface area contributed by atoms with Crippen LogP contribution in [0.15, 0.2) is 67.1 Å². The van der Waals surface area contributed by atoms with Crippen LogP contribution in [0.5, 0.6) is 11.5 Å². The number of rotatable bonds is 7. The average molecular weight is 464 g/mol. The quantitative estimate of drug-likeness (QED) is 0.428. The molecule has 10 heteroatoms. The third-order valence-electron chi connectivity index (χ3n) is 5.19.